The summed E-state index contributed by atoms with van der Waals surface area (Å²) in [7, 11) is -7.10. The zero-order chi connectivity index (χ0) is 22.1. The van der Waals surface area contributed by atoms with E-state index < -0.39 is 42.6 Å². The number of carbonyl (C=O) groups is 1. The highest BCUT2D eigenvalue weighted by molar-refractivity contribution is 7.91. The molecule has 0 saturated carbocycles. The molecule has 30 heavy (non-hydrogen) atoms. The molecule has 1 atom stereocenters. The Bertz CT molecular complexity index is 1170. The zero-order valence-electron chi connectivity index (χ0n) is 16.0. The fraction of sp³-hybridized carbons (Fsp3) is 0.389. The molecule has 0 unspecified atom stereocenters. The first kappa shape index (κ1) is 22.6. The fourth-order valence-corrected chi connectivity index (χ4v) is 5.69. The summed E-state index contributed by atoms with van der Waals surface area (Å²) in [5.74, 6) is -1.74. The molecule has 1 aliphatic heterocycles. The molecule has 0 aliphatic carbocycles. The minimum atomic E-state index is -3.79. The van der Waals surface area contributed by atoms with Gasteiger partial charge in [0.05, 0.1) is 28.5 Å². The maximum absolute atomic E-state index is 13.3. The number of carbonyl (C=O) groups excluding carboxylic acids is 1. The molecule has 0 N–H and O–H groups in total. The predicted octanol–water partition coefficient (Wildman–Crippen LogP) is 1.89. The number of halogens is 2. The van der Waals surface area contributed by atoms with Gasteiger partial charge in [0.25, 0.3) is 5.91 Å². The van der Waals surface area contributed by atoms with E-state index in [9.17, 15) is 26.0 Å². The van der Waals surface area contributed by atoms with E-state index in [1.165, 1.54) is 36.1 Å². The highest BCUT2D eigenvalue weighted by atomic mass is 35.5. The largest absolute Gasteiger partial charge is 0.329 e. The lowest BCUT2D eigenvalue weighted by Crippen LogP contribution is -2.41. The summed E-state index contributed by atoms with van der Waals surface area (Å²) in [6, 6.07) is 4.77. The van der Waals surface area contributed by atoms with Crippen molar-refractivity contribution in [3.8, 4) is 0 Å². The summed E-state index contributed by atoms with van der Waals surface area (Å²) >= 11 is 6.08. The van der Waals surface area contributed by atoms with Gasteiger partial charge < -0.3 is 4.90 Å². The number of rotatable bonds is 6. The van der Waals surface area contributed by atoms with Crippen LogP contribution in [0.3, 0.4) is 0 Å². The molecule has 2 aromatic rings. The second-order valence-corrected chi connectivity index (χ2v) is 11.7. The van der Waals surface area contributed by atoms with Gasteiger partial charge in [0, 0.05) is 12.6 Å². The van der Waals surface area contributed by atoms with Crippen LogP contribution in [0.1, 0.15) is 29.4 Å². The minimum absolute atomic E-state index is 0.0184. The molecule has 2 heterocycles. The van der Waals surface area contributed by atoms with Crippen molar-refractivity contribution in [2.75, 3.05) is 17.3 Å². The van der Waals surface area contributed by atoms with E-state index >= 15 is 0 Å². The van der Waals surface area contributed by atoms with Crippen LogP contribution in [-0.4, -0.2) is 60.9 Å². The van der Waals surface area contributed by atoms with Crippen molar-refractivity contribution < 1.29 is 26.0 Å². The molecule has 0 bridgehead atoms. The molecule has 1 fully saturated rings. The van der Waals surface area contributed by atoms with Gasteiger partial charge in [0.2, 0.25) is 15.0 Å². The van der Waals surface area contributed by atoms with Crippen LogP contribution >= 0.6 is 11.6 Å². The Labute approximate surface area is 178 Å². The zero-order valence-corrected chi connectivity index (χ0v) is 18.3. The second-order valence-electron chi connectivity index (χ2n) is 6.87. The van der Waals surface area contributed by atoms with E-state index in [0.29, 0.717) is 5.56 Å². The lowest BCUT2D eigenvalue weighted by atomic mass is 10.1. The molecule has 1 amide bonds. The van der Waals surface area contributed by atoms with Crippen molar-refractivity contribution in [2.24, 2.45) is 0 Å². The summed E-state index contributed by atoms with van der Waals surface area (Å²) in [5.41, 5.74) is 0.241. The molecule has 1 aromatic carbocycles. The van der Waals surface area contributed by atoms with Gasteiger partial charge in [-0.15, -0.1) is 0 Å². The van der Waals surface area contributed by atoms with Crippen molar-refractivity contribution in [1.29, 1.82) is 0 Å². The number of sulfone groups is 2. The monoisotopic (exact) mass is 475 g/mol. The van der Waals surface area contributed by atoms with Gasteiger partial charge in [-0.1, -0.05) is 30.7 Å². The number of aromatic nitrogens is 2. The molecular formula is C18H19ClFN3O5S2. The van der Waals surface area contributed by atoms with Crippen LogP contribution in [0.25, 0.3) is 0 Å². The summed E-state index contributed by atoms with van der Waals surface area (Å²) in [4.78, 5) is 22.1. The number of nitrogens with zero attached hydrogens (tertiary/aromatic N) is 3. The van der Waals surface area contributed by atoms with Crippen LogP contribution in [0.15, 0.2) is 35.6 Å². The predicted molar refractivity (Wildman–Crippen MR) is 108 cm³/mol. The Morgan fingerprint density at radius 2 is 1.97 bits per heavy atom. The van der Waals surface area contributed by atoms with Gasteiger partial charge in [-0.05, 0) is 24.1 Å². The summed E-state index contributed by atoms with van der Waals surface area (Å²) in [6.45, 7) is 1.40. The molecule has 1 saturated heterocycles. The summed E-state index contributed by atoms with van der Waals surface area (Å²) in [6.07, 6.45) is 1.25. The molecule has 0 radical (unpaired) electrons. The Balaban J connectivity index is 2.01. The van der Waals surface area contributed by atoms with E-state index in [2.05, 4.69) is 9.97 Å². The maximum atomic E-state index is 13.3. The molecule has 1 aromatic heterocycles. The summed E-state index contributed by atoms with van der Waals surface area (Å²) in [5, 5.41) is -0.682. The Morgan fingerprint density at radius 1 is 1.30 bits per heavy atom. The molecule has 0 spiro atoms. The Morgan fingerprint density at radius 3 is 2.53 bits per heavy atom. The number of benzene rings is 1. The van der Waals surface area contributed by atoms with Crippen LogP contribution in [0.5, 0.6) is 0 Å². The average molecular weight is 476 g/mol. The number of hydrogen-bond acceptors (Lipinski definition) is 7. The molecule has 12 heteroatoms. The van der Waals surface area contributed by atoms with Crippen molar-refractivity contribution in [2.45, 2.75) is 31.1 Å². The SMILES string of the molecule is CCS(=O)(=O)c1ncc(Cl)c(C(=O)N(Cc2ccc(F)cc2)[C@H]2CCS(=O)(=O)C2)n1. The maximum Gasteiger partial charge on any atom is 0.274 e. The third-order valence-corrected chi connectivity index (χ3v) is 8.30. The van der Waals surface area contributed by atoms with Crippen molar-refractivity contribution >= 4 is 37.2 Å². The lowest BCUT2D eigenvalue weighted by molar-refractivity contribution is 0.0674. The van der Waals surface area contributed by atoms with E-state index in [0.717, 1.165) is 6.20 Å². The third-order valence-electron chi connectivity index (χ3n) is 4.76. The van der Waals surface area contributed by atoms with Crippen LogP contribution < -0.4 is 0 Å². The minimum Gasteiger partial charge on any atom is -0.329 e. The Hall–Kier alpha value is -2.11. The van der Waals surface area contributed by atoms with Gasteiger partial charge in [-0.25, -0.2) is 31.2 Å². The first-order valence-corrected chi connectivity index (χ1v) is 12.9. The smallest absolute Gasteiger partial charge is 0.274 e. The normalized spacial score (nSPS) is 18.3. The third kappa shape index (κ3) is 4.96. The van der Waals surface area contributed by atoms with Crippen LogP contribution in [-0.2, 0) is 26.2 Å². The van der Waals surface area contributed by atoms with E-state index in [1.807, 2.05) is 0 Å². The molecular weight excluding hydrogens is 457 g/mol. The van der Waals surface area contributed by atoms with E-state index in [4.69, 9.17) is 11.6 Å². The molecule has 3 rings (SSSR count). The van der Waals surface area contributed by atoms with Crippen molar-refractivity contribution in [3.05, 3.63) is 52.6 Å². The summed E-state index contributed by atoms with van der Waals surface area (Å²) < 4.78 is 61.4. The van der Waals surface area contributed by atoms with E-state index in [-0.39, 0.29) is 40.9 Å². The highest BCUT2D eigenvalue weighted by Crippen LogP contribution is 2.25. The van der Waals surface area contributed by atoms with Crippen molar-refractivity contribution in [1.82, 2.24) is 14.9 Å². The first-order valence-electron chi connectivity index (χ1n) is 9.03. The molecule has 8 nitrogen and oxygen atoms in total. The lowest BCUT2D eigenvalue weighted by Gasteiger charge is -2.28. The van der Waals surface area contributed by atoms with Gasteiger partial charge in [-0.3, -0.25) is 4.79 Å². The van der Waals surface area contributed by atoms with E-state index in [1.54, 1.807) is 0 Å². The molecule has 1 aliphatic rings. The number of amides is 1. The first-order chi connectivity index (χ1) is 14.0. The number of hydrogen-bond donors (Lipinski definition) is 0. The van der Waals surface area contributed by atoms with Crippen LogP contribution in [0.2, 0.25) is 5.02 Å². The van der Waals surface area contributed by atoms with Gasteiger partial charge in [0.1, 0.15) is 5.82 Å². The van der Waals surface area contributed by atoms with Crippen LogP contribution in [0.4, 0.5) is 4.39 Å². The van der Waals surface area contributed by atoms with Crippen LogP contribution in [0, 0.1) is 5.82 Å². The topological polar surface area (TPSA) is 114 Å². The van der Waals surface area contributed by atoms with Gasteiger partial charge in [0.15, 0.2) is 15.5 Å². The molecule has 162 valence electrons. The van der Waals surface area contributed by atoms with Gasteiger partial charge in [-0.2, -0.15) is 0 Å². The average Bonchev–Trinajstić information content (AvgIpc) is 3.06. The quantitative estimate of drug-likeness (QED) is 0.586. The van der Waals surface area contributed by atoms with Crippen molar-refractivity contribution in [3.63, 3.8) is 0 Å². The Kier molecular flexibility index (Phi) is 6.44. The van der Waals surface area contributed by atoms with Gasteiger partial charge >= 0.3 is 0 Å². The standard InChI is InChI=1S/C18H19ClFN3O5S2/c1-2-30(27,28)18-21-9-15(19)16(22-18)17(24)23(14-7-8-29(25,26)11-14)10-12-3-5-13(20)6-4-12/h3-6,9,14H,2,7-8,10-11H2,1H3/t14-/m0/s1. The second kappa shape index (κ2) is 8.56. The highest BCUT2D eigenvalue weighted by Gasteiger charge is 2.36. The fourth-order valence-electron chi connectivity index (χ4n) is 3.09.